The molecule has 4 aromatic rings. The summed E-state index contributed by atoms with van der Waals surface area (Å²) in [6.07, 6.45) is 0. The molecule has 7 heteroatoms. The Labute approximate surface area is 225 Å². The van der Waals surface area contributed by atoms with Gasteiger partial charge in [0.25, 0.3) is 11.7 Å². The summed E-state index contributed by atoms with van der Waals surface area (Å²) in [6, 6.07) is 26.7. The van der Waals surface area contributed by atoms with Crippen molar-refractivity contribution in [3.05, 3.63) is 130 Å². The topological polar surface area (TPSA) is 87.1 Å². The number of carbonyl (C=O) groups is 2. The number of amides is 1. The van der Waals surface area contributed by atoms with E-state index in [-0.39, 0.29) is 17.1 Å². The molecule has 5 rings (SSSR count). The predicted octanol–water partition coefficient (Wildman–Crippen LogP) is 6.56. The van der Waals surface area contributed by atoms with Crippen LogP contribution in [0.1, 0.15) is 28.3 Å². The fourth-order valence-corrected chi connectivity index (χ4v) is 4.77. The third-order valence-electron chi connectivity index (χ3n) is 6.40. The number of Topliss-reactive ketones (excluding diaryl/α,β-unsaturated/α-hetero) is 1. The Bertz CT molecular complexity index is 1560. The highest BCUT2D eigenvalue weighted by Gasteiger charge is 2.47. The van der Waals surface area contributed by atoms with Crippen LogP contribution in [0.25, 0.3) is 5.76 Å². The number of aliphatic hydroxyl groups is 1. The summed E-state index contributed by atoms with van der Waals surface area (Å²) in [7, 11) is 0. The molecule has 1 atom stereocenters. The first kappa shape index (κ1) is 25.1. The smallest absolute Gasteiger partial charge is 0.300 e. The number of phenols is 1. The van der Waals surface area contributed by atoms with E-state index in [4.69, 9.17) is 16.3 Å². The third-order valence-corrected chi connectivity index (χ3v) is 6.64. The highest BCUT2D eigenvalue weighted by Crippen LogP contribution is 2.43. The fourth-order valence-electron chi connectivity index (χ4n) is 4.58. The Morgan fingerprint density at radius 3 is 2.39 bits per heavy atom. The quantitative estimate of drug-likeness (QED) is 0.169. The summed E-state index contributed by atoms with van der Waals surface area (Å²) in [5.41, 5.74) is 2.91. The predicted molar refractivity (Wildman–Crippen MR) is 146 cm³/mol. The summed E-state index contributed by atoms with van der Waals surface area (Å²) in [4.78, 5) is 27.9. The van der Waals surface area contributed by atoms with Crippen LogP contribution in [0.2, 0.25) is 5.02 Å². The zero-order chi connectivity index (χ0) is 26.8. The van der Waals surface area contributed by atoms with Crippen LogP contribution in [-0.4, -0.2) is 21.9 Å². The van der Waals surface area contributed by atoms with Gasteiger partial charge in [-0.05, 0) is 72.1 Å². The molecule has 0 bridgehead atoms. The minimum absolute atomic E-state index is 0.0325. The molecular weight excluding hydrogens is 502 g/mol. The molecule has 38 heavy (non-hydrogen) atoms. The average Bonchev–Trinajstić information content (AvgIpc) is 3.18. The van der Waals surface area contributed by atoms with Gasteiger partial charge in [-0.25, -0.2) is 0 Å². The van der Waals surface area contributed by atoms with Gasteiger partial charge >= 0.3 is 0 Å². The number of rotatable bonds is 6. The molecule has 1 heterocycles. The van der Waals surface area contributed by atoms with Crippen molar-refractivity contribution in [3.8, 4) is 11.5 Å². The van der Waals surface area contributed by atoms with E-state index in [9.17, 15) is 19.8 Å². The van der Waals surface area contributed by atoms with Crippen molar-refractivity contribution in [2.24, 2.45) is 0 Å². The highest BCUT2D eigenvalue weighted by molar-refractivity contribution is 6.51. The van der Waals surface area contributed by atoms with Crippen molar-refractivity contribution in [3.63, 3.8) is 0 Å². The van der Waals surface area contributed by atoms with Crippen LogP contribution in [0.4, 0.5) is 5.69 Å². The van der Waals surface area contributed by atoms with Gasteiger partial charge in [0.15, 0.2) is 0 Å². The number of aromatic hydroxyl groups is 1. The van der Waals surface area contributed by atoms with Crippen molar-refractivity contribution < 1.29 is 24.5 Å². The van der Waals surface area contributed by atoms with E-state index in [0.717, 1.165) is 11.1 Å². The van der Waals surface area contributed by atoms with Crippen LogP contribution < -0.4 is 9.64 Å². The van der Waals surface area contributed by atoms with Crippen molar-refractivity contribution in [2.45, 2.75) is 19.6 Å². The Balaban J connectivity index is 1.57. The molecule has 0 saturated carbocycles. The SMILES string of the molecule is Cc1cc(/C(O)=C2\C(=O)C(=O)N(c3cccc(Cl)c3)C2c2cccc(O)c2)ccc1OCc1ccccc1. The minimum Gasteiger partial charge on any atom is -0.508 e. The lowest BCUT2D eigenvalue weighted by Crippen LogP contribution is -2.29. The van der Waals surface area contributed by atoms with Crippen LogP contribution in [0.5, 0.6) is 11.5 Å². The zero-order valence-corrected chi connectivity index (χ0v) is 21.2. The molecule has 1 aliphatic rings. The molecule has 0 spiro atoms. The average molecular weight is 526 g/mol. The minimum atomic E-state index is -0.977. The summed E-state index contributed by atoms with van der Waals surface area (Å²) < 4.78 is 5.94. The van der Waals surface area contributed by atoms with E-state index in [1.807, 2.05) is 37.3 Å². The number of nitrogens with zero attached hydrogens (tertiary/aromatic N) is 1. The van der Waals surface area contributed by atoms with Gasteiger partial charge in [0.05, 0.1) is 11.6 Å². The molecule has 1 fully saturated rings. The Morgan fingerprint density at radius 2 is 1.68 bits per heavy atom. The molecule has 190 valence electrons. The summed E-state index contributed by atoms with van der Waals surface area (Å²) in [6.45, 7) is 2.23. The molecule has 6 nitrogen and oxygen atoms in total. The van der Waals surface area contributed by atoms with Crippen molar-refractivity contribution in [1.82, 2.24) is 0 Å². The lowest BCUT2D eigenvalue weighted by Gasteiger charge is -2.25. The molecule has 0 radical (unpaired) electrons. The van der Waals surface area contributed by atoms with Crippen molar-refractivity contribution >= 4 is 34.7 Å². The molecule has 1 unspecified atom stereocenters. The summed E-state index contributed by atoms with van der Waals surface area (Å²) in [5, 5.41) is 21.9. The van der Waals surface area contributed by atoms with Gasteiger partial charge in [-0.2, -0.15) is 0 Å². The molecule has 0 aromatic heterocycles. The largest absolute Gasteiger partial charge is 0.508 e. The number of hydrogen-bond acceptors (Lipinski definition) is 5. The molecule has 1 amide bonds. The second-order valence-electron chi connectivity index (χ2n) is 9.00. The normalized spacial score (nSPS) is 16.6. The van der Waals surface area contributed by atoms with E-state index >= 15 is 0 Å². The fraction of sp³-hybridized carbons (Fsp3) is 0.0968. The number of anilines is 1. The van der Waals surface area contributed by atoms with Gasteiger partial charge in [-0.3, -0.25) is 14.5 Å². The van der Waals surface area contributed by atoms with Gasteiger partial charge in [-0.1, -0.05) is 60.1 Å². The van der Waals surface area contributed by atoms with E-state index < -0.39 is 17.7 Å². The standard InChI is InChI=1S/C31H24ClNO5/c1-19-15-22(13-14-26(19)38-18-20-7-3-2-4-8-20)29(35)27-28(21-9-5-12-25(34)16-21)33(31(37)30(27)36)24-11-6-10-23(32)17-24/h2-17,28,34-35H,18H2,1H3/b29-27+. The maximum Gasteiger partial charge on any atom is 0.300 e. The van der Waals surface area contributed by atoms with Gasteiger partial charge in [0.1, 0.15) is 23.9 Å². The number of halogens is 1. The third kappa shape index (κ3) is 4.86. The van der Waals surface area contributed by atoms with Gasteiger partial charge in [0, 0.05) is 16.3 Å². The lowest BCUT2D eigenvalue weighted by atomic mass is 9.94. The van der Waals surface area contributed by atoms with Crippen LogP contribution >= 0.6 is 11.6 Å². The first-order valence-corrected chi connectivity index (χ1v) is 12.3. The van der Waals surface area contributed by atoms with Crippen molar-refractivity contribution in [2.75, 3.05) is 4.90 Å². The monoisotopic (exact) mass is 525 g/mol. The molecule has 1 aliphatic heterocycles. The number of ether oxygens (including phenoxy) is 1. The van der Waals surface area contributed by atoms with Gasteiger partial charge in [-0.15, -0.1) is 0 Å². The molecule has 2 N–H and O–H groups in total. The second kappa shape index (κ2) is 10.4. The summed E-state index contributed by atoms with van der Waals surface area (Å²) in [5.74, 6) is -1.36. The van der Waals surface area contributed by atoms with E-state index in [2.05, 4.69) is 0 Å². The maximum absolute atomic E-state index is 13.3. The second-order valence-corrected chi connectivity index (χ2v) is 9.43. The Morgan fingerprint density at radius 1 is 0.921 bits per heavy atom. The van der Waals surface area contributed by atoms with Crippen LogP contribution in [-0.2, 0) is 16.2 Å². The zero-order valence-electron chi connectivity index (χ0n) is 20.5. The van der Waals surface area contributed by atoms with Crippen molar-refractivity contribution in [1.29, 1.82) is 0 Å². The molecule has 4 aromatic carbocycles. The van der Waals surface area contributed by atoms with Crippen LogP contribution in [0, 0.1) is 6.92 Å². The van der Waals surface area contributed by atoms with E-state index in [1.54, 1.807) is 54.6 Å². The number of hydrogen-bond donors (Lipinski definition) is 2. The number of aliphatic hydroxyl groups excluding tert-OH is 1. The number of phenolic OH excluding ortho intramolecular Hbond substituents is 1. The summed E-state index contributed by atoms with van der Waals surface area (Å²) >= 11 is 6.18. The molecular formula is C31H24ClNO5. The van der Waals surface area contributed by atoms with Gasteiger partial charge in [0.2, 0.25) is 0 Å². The van der Waals surface area contributed by atoms with Crippen LogP contribution in [0.3, 0.4) is 0 Å². The lowest BCUT2D eigenvalue weighted by molar-refractivity contribution is -0.132. The number of carbonyl (C=O) groups excluding carboxylic acids is 2. The molecule has 1 saturated heterocycles. The van der Waals surface area contributed by atoms with E-state index in [0.29, 0.717) is 34.2 Å². The maximum atomic E-state index is 13.3. The Kier molecular flexibility index (Phi) is 6.90. The first-order chi connectivity index (χ1) is 18.3. The number of benzene rings is 4. The number of ketones is 1. The Hall–Kier alpha value is -4.55. The van der Waals surface area contributed by atoms with Crippen LogP contribution in [0.15, 0.2) is 103 Å². The first-order valence-electron chi connectivity index (χ1n) is 12.0. The molecule has 0 aliphatic carbocycles. The van der Waals surface area contributed by atoms with Gasteiger partial charge < -0.3 is 14.9 Å². The van der Waals surface area contributed by atoms with E-state index in [1.165, 1.54) is 17.0 Å². The number of aryl methyl sites for hydroxylation is 1. The highest BCUT2D eigenvalue weighted by atomic mass is 35.5.